The molecule has 0 saturated carbocycles. The summed E-state index contributed by atoms with van der Waals surface area (Å²) in [6, 6.07) is 4.83. The van der Waals surface area contributed by atoms with Gasteiger partial charge in [-0.25, -0.2) is 9.37 Å². The molecule has 0 bridgehead atoms. The lowest BCUT2D eigenvalue weighted by molar-refractivity contribution is 0.630. The van der Waals surface area contributed by atoms with Crippen LogP contribution in [0.25, 0.3) is 11.3 Å². The van der Waals surface area contributed by atoms with Gasteiger partial charge in [-0.05, 0) is 25.1 Å². The van der Waals surface area contributed by atoms with Crippen LogP contribution in [0.15, 0.2) is 22.7 Å². The van der Waals surface area contributed by atoms with Gasteiger partial charge < -0.3 is 10.3 Å². The fourth-order valence-electron chi connectivity index (χ4n) is 1.51. The Morgan fingerprint density at radius 1 is 1.44 bits per heavy atom. The molecule has 0 aliphatic rings. The van der Waals surface area contributed by atoms with Gasteiger partial charge in [-0.3, -0.25) is 0 Å². The van der Waals surface area contributed by atoms with E-state index in [1.807, 2.05) is 6.92 Å². The maximum absolute atomic E-state index is 13.7. The van der Waals surface area contributed by atoms with Crippen LogP contribution in [-0.2, 0) is 7.05 Å². The molecule has 5 heteroatoms. The number of hydrogen-bond donors (Lipinski definition) is 1. The Morgan fingerprint density at radius 2 is 2.12 bits per heavy atom. The second-order valence-electron chi connectivity index (χ2n) is 3.58. The predicted octanol–water partition coefficient (Wildman–Crippen LogP) is 2.88. The molecule has 0 unspecified atom stereocenters. The molecule has 3 nitrogen and oxygen atoms in total. The third-order valence-corrected chi connectivity index (χ3v) is 3.04. The number of aryl methyl sites for hydroxylation is 1. The van der Waals surface area contributed by atoms with Crippen molar-refractivity contribution in [1.82, 2.24) is 9.55 Å². The van der Waals surface area contributed by atoms with Crippen molar-refractivity contribution in [2.24, 2.45) is 7.05 Å². The predicted molar refractivity (Wildman–Crippen MR) is 65.5 cm³/mol. The van der Waals surface area contributed by atoms with Crippen molar-refractivity contribution in [3.63, 3.8) is 0 Å². The van der Waals surface area contributed by atoms with Crippen LogP contribution in [0.5, 0.6) is 0 Å². The van der Waals surface area contributed by atoms with Gasteiger partial charge in [0.05, 0.1) is 0 Å². The van der Waals surface area contributed by atoms with Crippen LogP contribution < -0.4 is 5.73 Å². The topological polar surface area (TPSA) is 43.8 Å². The number of nitrogens with two attached hydrogens (primary N) is 1. The Bertz CT molecular complexity index is 548. The van der Waals surface area contributed by atoms with E-state index in [4.69, 9.17) is 5.73 Å². The summed E-state index contributed by atoms with van der Waals surface area (Å²) in [5, 5.41) is 0. The molecule has 2 aromatic rings. The summed E-state index contributed by atoms with van der Waals surface area (Å²) in [7, 11) is 1.80. The van der Waals surface area contributed by atoms with E-state index in [0.717, 1.165) is 5.82 Å². The van der Waals surface area contributed by atoms with Crippen LogP contribution in [0.4, 0.5) is 10.2 Å². The summed E-state index contributed by atoms with van der Waals surface area (Å²) >= 11 is 3.21. The first-order valence-corrected chi connectivity index (χ1v) is 5.54. The standard InChI is InChI=1S/C11H11BrFN3/c1-6-15-10(11(14)16(6)2)8-4-3-7(12)5-9(8)13/h3-5H,14H2,1-2H3. The maximum atomic E-state index is 13.7. The molecule has 1 aromatic carbocycles. The molecule has 0 aliphatic carbocycles. The highest BCUT2D eigenvalue weighted by atomic mass is 79.9. The van der Waals surface area contributed by atoms with Crippen molar-refractivity contribution in [2.45, 2.75) is 6.92 Å². The second kappa shape index (κ2) is 3.90. The Kier molecular flexibility index (Phi) is 2.71. The van der Waals surface area contributed by atoms with Crippen molar-refractivity contribution >= 4 is 21.7 Å². The summed E-state index contributed by atoms with van der Waals surface area (Å²) in [6.07, 6.45) is 0. The quantitative estimate of drug-likeness (QED) is 0.875. The van der Waals surface area contributed by atoms with Gasteiger partial charge in [0.1, 0.15) is 23.2 Å². The van der Waals surface area contributed by atoms with Crippen molar-refractivity contribution < 1.29 is 4.39 Å². The molecule has 0 saturated heterocycles. The highest BCUT2D eigenvalue weighted by Crippen LogP contribution is 2.29. The van der Waals surface area contributed by atoms with Gasteiger partial charge in [0, 0.05) is 17.1 Å². The molecular formula is C11H11BrFN3. The molecule has 2 rings (SSSR count). The average Bonchev–Trinajstić information content (AvgIpc) is 2.46. The lowest BCUT2D eigenvalue weighted by atomic mass is 10.1. The summed E-state index contributed by atoms with van der Waals surface area (Å²) in [5.74, 6) is 0.896. The molecule has 0 aliphatic heterocycles. The van der Waals surface area contributed by atoms with Crippen molar-refractivity contribution in [3.8, 4) is 11.3 Å². The first kappa shape index (κ1) is 11.1. The van der Waals surface area contributed by atoms with Crippen LogP contribution in [0, 0.1) is 12.7 Å². The van der Waals surface area contributed by atoms with Gasteiger partial charge in [0.15, 0.2) is 0 Å². The molecule has 0 radical (unpaired) electrons. The van der Waals surface area contributed by atoms with Crippen molar-refractivity contribution in [1.29, 1.82) is 0 Å². The molecule has 16 heavy (non-hydrogen) atoms. The second-order valence-corrected chi connectivity index (χ2v) is 4.49. The first-order valence-electron chi connectivity index (χ1n) is 4.75. The maximum Gasteiger partial charge on any atom is 0.133 e. The van der Waals surface area contributed by atoms with E-state index in [9.17, 15) is 4.39 Å². The molecule has 84 valence electrons. The molecule has 0 spiro atoms. The molecule has 0 fully saturated rings. The zero-order valence-corrected chi connectivity index (χ0v) is 10.5. The highest BCUT2D eigenvalue weighted by Gasteiger charge is 2.14. The van der Waals surface area contributed by atoms with Gasteiger partial charge in [0.25, 0.3) is 0 Å². The van der Waals surface area contributed by atoms with E-state index in [2.05, 4.69) is 20.9 Å². The number of aromatic nitrogens is 2. The van der Waals surface area contributed by atoms with E-state index in [1.54, 1.807) is 23.7 Å². The van der Waals surface area contributed by atoms with Gasteiger partial charge in [-0.1, -0.05) is 15.9 Å². The molecule has 0 atom stereocenters. The van der Waals surface area contributed by atoms with Gasteiger partial charge >= 0.3 is 0 Å². The lowest BCUT2D eigenvalue weighted by Crippen LogP contribution is -1.98. The van der Waals surface area contributed by atoms with E-state index >= 15 is 0 Å². The number of rotatable bonds is 1. The SMILES string of the molecule is Cc1nc(-c2ccc(Br)cc2F)c(N)n1C. The van der Waals surface area contributed by atoms with E-state index < -0.39 is 0 Å². The zero-order valence-electron chi connectivity index (χ0n) is 8.96. The van der Waals surface area contributed by atoms with Gasteiger partial charge in [-0.15, -0.1) is 0 Å². The number of nitrogen functional groups attached to an aromatic ring is 1. The van der Waals surface area contributed by atoms with Crippen LogP contribution in [0.3, 0.4) is 0 Å². The van der Waals surface area contributed by atoms with Crippen molar-refractivity contribution in [3.05, 3.63) is 34.3 Å². The van der Waals surface area contributed by atoms with Crippen LogP contribution in [0.1, 0.15) is 5.82 Å². The zero-order chi connectivity index (χ0) is 11.9. The number of benzene rings is 1. The number of hydrogen-bond acceptors (Lipinski definition) is 2. The molecule has 1 heterocycles. The normalized spacial score (nSPS) is 10.8. The summed E-state index contributed by atoms with van der Waals surface area (Å²) in [5.41, 5.74) is 6.78. The molecular weight excluding hydrogens is 273 g/mol. The monoisotopic (exact) mass is 283 g/mol. The Morgan fingerprint density at radius 3 is 2.62 bits per heavy atom. The van der Waals surface area contributed by atoms with Crippen LogP contribution >= 0.6 is 15.9 Å². The Labute approximate surface area is 101 Å². The van der Waals surface area contributed by atoms with Gasteiger partial charge in [-0.2, -0.15) is 0 Å². The van der Waals surface area contributed by atoms with E-state index in [0.29, 0.717) is 21.5 Å². The summed E-state index contributed by atoms with van der Waals surface area (Å²) < 4.78 is 16.1. The first-order chi connectivity index (χ1) is 7.50. The lowest BCUT2D eigenvalue weighted by Gasteiger charge is -2.02. The average molecular weight is 284 g/mol. The minimum Gasteiger partial charge on any atom is -0.383 e. The molecule has 2 N–H and O–H groups in total. The van der Waals surface area contributed by atoms with Crippen LogP contribution in [-0.4, -0.2) is 9.55 Å². The van der Waals surface area contributed by atoms with E-state index in [1.165, 1.54) is 6.07 Å². The van der Waals surface area contributed by atoms with Crippen molar-refractivity contribution in [2.75, 3.05) is 5.73 Å². The van der Waals surface area contributed by atoms with Gasteiger partial charge in [0.2, 0.25) is 0 Å². The largest absolute Gasteiger partial charge is 0.383 e. The smallest absolute Gasteiger partial charge is 0.133 e. The highest BCUT2D eigenvalue weighted by molar-refractivity contribution is 9.10. The molecule has 0 amide bonds. The minimum absolute atomic E-state index is 0.334. The Balaban J connectivity index is 2.63. The summed E-state index contributed by atoms with van der Waals surface area (Å²) in [6.45, 7) is 1.83. The van der Waals surface area contributed by atoms with Crippen LogP contribution in [0.2, 0.25) is 0 Å². The minimum atomic E-state index is -0.334. The summed E-state index contributed by atoms with van der Waals surface area (Å²) in [4.78, 5) is 4.25. The number of imidazole rings is 1. The fraction of sp³-hybridized carbons (Fsp3) is 0.182. The fourth-order valence-corrected chi connectivity index (χ4v) is 1.84. The Hall–Kier alpha value is -1.36. The third-order valence-electron chi connectivity index (χ3n) is 2.55. The number of anilines is 1. The third kappa shape index (κ3) is 1.71. The number of nitrogens with zero attached hydrogens (tertiary/aromatic N) is 2. The number of halogens is 2. The molecule has 1 aromatic heterocycles. The van der Waals surface area contributed by atoms with E-state index in [-0.39, 0.29) is 5.82 Å².